The van der Waals surface area contributed by atoms with Gasteiger partial charge in [0.25, 0.3) is 10.0 Å². The first-order chi connectivity index (χ1) is 8.66. The van der Waals surface area contributed by atoms with Gasteiger partial charge < -0.3 is 5.73 Å². The van der Waals surface area contributed by atoms with Crippen LogP contribution in [0.1, 0.15) is 25.8 Å². The molecule has 1 aromatic rings. The number of thiophene rings is 1. The molecule has 1 heterocycles. The second-order valence-corrected chi connectivity index (χ2v) is 8.97. The molecule has 0 fully saturated rings. The summed E-state index contributed by atoms with van der Waals surface area (Å²) in [6.07, 6.45) is 0.644. The molecule has 1 atom stereocenters. The molecular formula is C12H22Cl2N2O2S2. The SMILES string of the molecule is Cc1cc(S(=O)(=O)N(C)CCC(N)C(C)C)sc1Cl.Cl. The van der Waals surface area contributed by atoms with Crippen LogP contribution in [0.3, 0.4) is 0 Å². The van der Waals surface area contributed by atoms with Gasteiger partial charge in [0, 0.05) is 19.6 Å². The van der Waals surface area contributed by atoms with Crippen molar-refractivity contribution >= 4 is 45.4 Å². The fourth-order valence-corrected chi connectivity index (χ4v) is 4.60. The van der Waals surface area contributed by atoms with E-state index in [2.05, 4.69) is 0 Å². The molecule has 0 saturated carbocycles. The first-order valence-corrected chi connectivity index (χ1v) is 8.77. The van der Waals surface area contributed by atoms with Crippen molar-refractivity contribution in [3.05, 3.63) is 16.0 Å². The number of nitrogens with two attached hydrogens (primary N) is 1. The summed E-state index contributed by atoms with van der Waals surface area (Å²) in [5, 5.41) is 0. The quantitative estimate of drug-likeness (QED) is 0.847. The number of hydrogen-bond donors (Lipinski definition) is 1. The minimum atomic E-state index is -3.45. The summed E-state index contributed by atoms with van der Waals surface area (Å²) in [6.45, 7) is 6.27. The number of aryl methyl sites for hydroxylation is 1. The van der Waals surface area contributed by atoms with E-state index in [0.29, 0.717) is 23.2 Å². The third kappa shape index (κ3) is 4.86. The highest BCUT2D eigenvalue weighted by Crippen LogP contribution is 2.31. The van der Waals surface area contributed by atoms with E-state index >= 15 is 0 Å². The van der Waals surface area contributed by atoms with E-state index in [4.69, 9.17) is 17.3 Å². The summed E-state index contributed by atoms with van der Waals surface area (Å²) >= 11 is 7.02. The van der Waals surface area contributed by atoms with Crippen LogP contribution < -0.4 is 5.73 Å². The van der Waals surface area contributed by atoms with Crippen LogP contribution in [0.15, 0.2) is 10.3 Å². The Bertz CT molecular complexity index is 510. The van der Waals surface area contributed by atoms with E-state index in [9.17, 15) is 8.42 Å². The van der Waals surface area contributed by atoms with E-state index in [0.717, 1.165) is 16.9 Å². The molecule has 4 nitrogen and oxygen atoms in total. The Morgan fingerprint density at radius 3 is 2.40 bits per heavy atom. The molecule has 0 spiro atoms. The van der Waals surface area contributed by atoms with E-state index in [1.807, 2.05) is 13.8 Å². The zero-order valence-corrected chi connectivity index (χ0v) is 15.3. The maximum atomic E-state index is 12.3. The highest BCUT2D eigenvalue weighted by molar-refractivity contribution is 7.91. The van der Waals surface area contributed by atoms with Crippen LogP contribution in [0.2, 0.25) is 4.34 Å². The zero-order chi connectivity index (χ0) is 14.8. The van der Waals surface area contributed by atoms with Crippen LogP contribution in [0.25, 0.3) is 0 Å². The van der Waals surface area contributed by atoms with Gasteiger partial charge in [-0.2, -0.15) is 0 Å². The second kappa shape index (κ2) is 7.96. The Kier molecular flexibility index (Phi) is 8.02. The molecule has 0 aliphatic rings. The molecule has 1 unspecified atom stereocenters. The minimum absolute atomic E-state index is 0. The van der Waals surface area contributed by atoms with Crippen molar-refractivity contribution in [3.8, 4) is 0 Å². The van der Waals surface area contributed by atoms with E-state index in [1.165, 1.54) is 4.31 Å². The fourth-order valence-electron chi connectivity index (χ4n) is 1.50. The molecule has 0 aromatic carbocycles. The van der Waals surface area contributed by atoms with Crippen molar-refractivity contribution in [1.29, 1.82) is 0 Å². The molecule has 0 bridgehead atoms. The van der Waals surface area contributed by atoms with Crippen LogP contribution in [-0.4, -0.2) is 32.4 Å². The largest absolute Gasteiger partial charge is 0.327 e. The Labute approximate surface area is 136 Å². The molecule has 8 heteroatoms. The van der Waals surface area contributed by atoms with Crippen LogP contribution in [-0.2, 0) is 10.0 Å². The number of nitrogens with zero attached hydrogens (tertiary/aromatic N) is 1. The highest BCUT2D eigenvalue weighted by atomic mass is 35.5. The summed E-state index contributed by atoms with van der Waals surface area (Å²) < 4.78 is 26.8. The number of sulfonamides is 1. The number of halogens is 2. The first-order valence-electron chi connectivity index (χ1n) is 6.14. The summed E-state index contributed by atoms with van der Waals surface area (Å²) in [5.41, 5.74) is 6.72. The van der Waals surface area contributed by atoms with Gasteiger partial charge in [-0.1, -0.05) is 25.4 Å². The first kappa shape index (κ1) is 20.1. The van der Waals surface area contributed by atoms with Crippen LogP contribution in [0.5, 0.6) is 0 Å². The Morgan fingerprint density at radius 2 is 2.00 bits per heavy atom. The topological polar surface area (TPSA) is 63.4 Å². The molecule has 0 aliphatic carbocycles. The Balaban J connectivity index is 0.00000361. The van der Waals surface area contributed by atoms with Gasteiger partial charge in [-0.25, -0.2) is 12.7 Å². The third-order valence-corrected chi connectivity index (χ3v) is 6.99. The molecule has 1 aromatic heterocycles. The van der Waals surface area contributed by atoms with Crippen molar-refractivity contribution in [2.45, 2.75) is 37.4 Å². The Morgan fingerprint density at radius 1 is 1.45 bits per heavy atom. The average molecular weight is 361 g/mol. The van der Waals surface area contributed by atoms with Crippen LogP contribution >= 0.6 is 35.3 Å². The lowest BCUT2D eigenvalue weighted by molar-refractivity contribution is 0.398. The molecule has 118 valence electrons. The Hall–Kier alpha value is 0.150. The fraction of sp³-hybridized carbons (Fsp3) is 0.667. The van der Waals surface area contributed by atoms with Gasteiger partial charge in [-0.05, 0) is 30.9 Å². The summed E-state index contributed by atoms with van der Waals surface area (Å²) in [7, 11) is -1.88. The summed E-state index contributed by atoms with van der Waals surface area (Å²) in [4.78, 5) is 0. The second-order valence-electron chi connectivity index (χ2n) is 5.05. The van der Waals surface area contributed by atoms with Gasteiger partial charge in [0.1, 0.15) is 4.21 Å². The van der Waals surface area contributed by atoms with Gasteiger partial charge in [-0.15, -0.1) is 23.7 Å². The van der Waals surface area contributed by atoms with Crippen molar-refractivity contribution in [1.82, 2.24) is 4.31 Å². The summed E-state index contributed by atoms with van der Waals surface area (Å²) in [6, 6.07) is 1.62. The van der Waals surface area contributed by atoms with Gasteiger partial charge in [0.2, 0.25) is 0 Å². The molecule has 1 rings (SSSR count). The third-order valence-electron chi connectivity index (χ3n) is 3.13. The number of hydrogen-bond acceptors (Lipinski definition) is 4. The van der Waals surface area contributed by atoms with Crippen molar-refractivity contribution in [2.24, 2.45) is 11.7 Å². The predicted molar refractivity (Wildman–Crippen MR) is 88.6 cm³/mol. The van der Waals surface area contributed by atoms with Crippen LogP contribution in [0, 0.1) is 12.8 Å². The monoisotopic (exact) mass is 360 g/mol. The van der Waals surface area contributed by atoms with E-state index in [-0.39, 0.29) is 22.7 Å². The van der Waals surface area contributed by atoms with Crippen molar-refractivity contribution < 1.29 is 8.42 Å². The highest BCUT2D eigenvalue weighted by Gasteiger charge is 2.24. The normalized spacial score (nSPS) is 13.6. The van der Waals surface area contributed by atoms with Crippen molar-refractivity contribution in [3.63, 3.8) is 0 Å². The lowest BCUT2D eigenvalue weighted by atomic mass is 10.0. The van der Waals surface area contributed by atoms with E-state index < -0.39 is 10.0 Å². The molecule has 2 N–H and O–H groups in total. The minimum Gasteiger partial charge on any atom is -0.327 e. The summed E-state index contributed by atoms with van der Waals surface area (Å²) in [5.74, 6) is 0.342. The lowest BCUT2D eigenvalue weighted by Crippen LogP contribution is -2.34. The standard InChI is InChI=1S/C12H21ClN2O2S2.ClH/c1-8(2)10(14)5-6-15(4)19(16,17)11-7-9(3)12(13)18-11;/h7-8,10H,5-6,14H2,1-4H3;1H. The van der Waals surface area contributed by atoms with Crippen LogP contribution in [0.4, 0.5) is 0 Å². The van der Waals surface area contributed by atoms with Gasteiger partial charge in [0.15, 0.2) is 0 Å². The molecule has 0 saturated heterocycles. The maximum absolute atomic E-state index is 12.3. The molecule has 0 aliphatic heterocycles. The van der Waals surface area contributed by atoms with Crippen molar-refractivity contribution in [2.75, 3.05) is 13.6 Å². The molecule has 0 amide bonds. The molecular weight excluding hydrogens is 339 g/mol. The predicted octanol–water partition coefficient (Wildman–Crippen LogP) is 3.13. The van der Waals surface area contributed by atoms with Gasteiger partial charge in [-0.3, -0.25) is 0 Å². The number of rotatable bonds is 6. The van der Waals surface area contributed by atoms with Gasteiger partial charge in [0.05, 0.1) is 4.34 Å². The maximum Gasteiger partial charge on any atom is 0.252 e. The average Bonchev–Trinajstić information content (AvgIpc) is 2.66. The van der Waals surface area contributed by atoms with E-state index in [1.54, 1.807) is 20.0 Å². The smallest absolute Gasteiger partial charge is 0.252 e. The van der Waals surface area contributed by atoms with Gasteiger partial charge >= 0.3 is 0 Å². The molecule has 20 heavy (non-hydrogen) atoms. The lowest BCUT2D eigenvalue weighted by Gasteiger charge is -2.20. The zero-order valence-electron chi connectivity index (χ0n) is 12.1. The molecule has 0 radical (unpaired) electrons.